The van der Waals surface area contributed by atoms with E-state index in [1.807, 2.05) is 10.8 Å². The summed E-state index contributed by atoms with van der Waals surface area (Å²) in [5, 5.41) is 6.98. The molecular weight excluding hydrogens is 354 g/mol. The Labute approximate surface area is 160 Å². The normalized spacial score (nSPS) is 12.0. The van der Waals surface area contributed by atoms with Crippen molar-refractivity contribution in [2.75, 3.05) is 0 Å². The molecule has 0 spiro atoms. The molecule has 0 aliphatic carbocycles. The van der Waals surface area contributed by atoms with Crippen LogP contribution in [-0.4, -0.2) is 19.6 Å². The predicted octanol–water partition coefficient (Wildman–Crippen LogP) is 4.42. The molecule has 2 aromatic carbocycles. The van der Waals surface area contributed by atoms with E-state index >= 15 is 0 Å². The van der Waals surface area contributed by atoms with Gasteiger partial charge in [0.25, 0.3) is 12.0 Å². The van der Waals surface area contributed by atoms with E-state index in [2.05, 4.69) is 77.8 Å². The van der Waals surface area contributed by atoms with Gasteiger partial charge in [0.15, 0.2) is 5.69 Å². The topological polar surface area (TPSA) is 47.0 Å². The van der Waals surface area contributed by atoms with Crippen molar-refractivity contribution in [2.24, 2.45) is 7.05 Å². The molecule has 27 heavy (non-hydrogen) atoms. The van der Waals surface area contributed by atoms with E-state index in [-0.39, 0.29) is 0 Å². The highest BCUT2D eigenvalue weighted by Gasteiger charge is 2.24. The number of thiazole rings is 1. The highest BCUT2D eigenvalue weighted by Crippen LogP contribution is 2.38. The summed E-state index contributed by atoms with van der Waals surface area (Å²) in [6.45, 7) is 6.73. The average molecular weight is 374 g/mol. The van der Waals surface area contributed by atoms with E-state index in [0.29, 0.717) is 5.92 Å². The molecule has 0 atom stereocenters. The minimum Gasteiger partial charge on any atom is -0.231 e. The van der Waals surface area contributed by atoms with Crippen LogP contribution in [0.15, 0.2) is 43.0 Å². The van der Waals surface area contributed by atoms with Gasteiger partial charge in [-0.3, -0.25) is 0 Å². The van der Waals surface area contributed by atoms with Crippen LogP contribution in [0.1, 0.15) is 30.9 Å². The van der Waals surface area contributed by atoms with Crippen LogP contribution in [0.25, 0.3) is 37.3 Å². The number of aryl methyl sites for hydroxylation is 2. The standard InChI is InChI=1S/C21H20N5S/c1-12(2)16-9-17(13(3)14-7-5-6-8-15(14)16)18-19-20(23-11-25(18)4)26-21(27-19)22-10-24-26/h5-12H,1-4H3/q+1. The summed E-state index contributed by atoms with van der Waals surface area (Å²) >= 11 is 1.64. The monoisotopic (exact) mass is 374 g/mol. The van der Waals surface area contributed by atoms with Gasteiger partial charge in [0.2, 0.25) is 4.96 Å². The first-order valence-corrected chi connectivity index (χ1v) is 9.87. The quantitative estimate of drug-likeness (QED) is 0.430. The molecule has 0 N–H and O–H groups in total. The zero-order valence-corrected chi connectivity index (χ0v) is 16.6. The van der Waals surface area contributed by atoms with Crippen molar-refractivity contribution in [1.82, 2.24) is 19.6 Å². The maximum Gasteiger partial charge on any atom is 0.291 e. The highest BCUT2D eigenvalue weighted by atomic mass is 32.1. The van der Waals surface area contributed by atoms with E-state index in [1.54, 1.807) is 17.7 Å². The summed E-state index contributed by atoms with van der Waals surface area (Å²) in [6.07, 6.45) is 3.45. The van der Waals surface area contributed by atoms with Crippen molar-refractivity contribution >= 4 is 37.4 Å². The lowest BCUT2D eigenvalue weighted by atomic mass is 9.89. The van der Waals surface area contributed by atoms with Crippen LogP contribution in [0.5, 0.6) is 0 Å². The number of benzene rings is 2. The first-order chi connectivity index (χ1) is 13.1. The summed E-state index contributed by atoms with van der Waals surface area (Å²) in [6, 6.07) is 11.0. The van der Waals surface area contributed by atoms with Crippen molar-refractivity contribution in [3.05, 3.63) is 54.1 Å². The second kappa shape index (κ2) is 5.82. The zero-order valence-electron chi connectivity index (χ0n) is 15.8. The van der Waals surface area contributed by atoms with Crippen LogP contribution in [0.4, 0.5) is 0 Å². The fourth-order valence-corrected chi connectivity index (χ4v) is 4.97. The third-order valence-electron chi connectivity index (χ3n) is 5.26. The molecule has 0 aliphatic rings. The summed E-state index contributed by atoms with van der Waals surface area (Å²) < 4.78 is 5.05. The molecule has 0 aliphatic heterocycles. The van der Waals surface area contributed by atoms with E-state index in [1.165, 1.54) is 33.2 Å². The molecule has 0 bridgehead atoms. The number of fused-ring (bicyclic) bond motifs is 4. The van der Waals surface area contributed by atoms with Crippen molar-refractivity contribution in [3.63, 3.8) is 0 Å². The molecule has 0 radical (unpaired) electrons. The van der Waals surface area contributed by atoms with Gasteiger partial charge < -0.3 is 0 Å². The number of hydrogen-bond acceptors (Lipinski definition) is 4. The minimum absolute atomic E-state index is 0.444. The Morgan fingerprint density at radius 2 is 1.89 bits per heavy atom. The predicted molar refractivity (Wildman–Crippen MR) is 109 cm³/mol. The lowest BCUT2D eigenvalue weighted by molar-refractivity contribution is -0.662. The molecule has 0 saturated carbocycles. The Hall–Kier alpha value is -2.86. The molecule has 5 rings (SSSR count). The average Bonchev–Trinajstić information content (AvgIpc) is 3.24. The molecule has 0 saturated heterocycles. The molecule has 3 heterocycles. The van der Waals surface area contributed by atoms with E-state index < -0.39 is 0 Å². The minimum atomic E-state index is 0.444. The number of nitrogens with zero attached hydrogens (tertiary/aromatic N) is 5. The van der Waals surface area contributed by atoms with Gasteiger partial charge in [-0.05, 0) is 45.8 Å². The maximum absolute atomic E-state index is 4.61. The van der Waals surface area contributed by atoms with Crippen molar-refractivity contribution < 1.29 is 4.57 Å². The summed E-state index contributed by atoms with van der Waals surface area (Å²) in [7, 11) is 2.06. The Morgan fingerprint density at radius 3 is 2.67 bits per heavy atom. The Bertz CT molecular complexity index is 1330. The van der Waals surface area contributed by atoms with E-state index in [9.17, 15) is 0 Å². The fourth-order valence-electron chi connectivity index (χ4n) is 3.89. The summed E-state index contributed by atoms with van der Waals surface area (Å²) in [4.78, 5) is 9.84. The second-order valence-corrected chi connectivity index (χ2v) is 8.23. The van der Waals surface area contributed by atoms with Gasteiger partial charge in [0, 0.05) is 5.56 Å². The smallest absolute Gasteiger partial charge is 0.231 e. The fraction of sp³-hybridized carbons (Fsp3) is 0.238. The number of hydrogen-bond donors (Lipinski definition) is 0. The summed E-state index contributed by atoms with van der Waals surface area (Å²) in [5.41, 5.74) is 5.94. The van der Waals surface area contributed by atoms with E-state index in [0.717, 1.165) is 15.3 Å². The van der Waals surface area contributed by atoms with Gasteiger partial charge in [-0.25, -0.2) is 9.55 Å². The van der Waals surface area contributed by atoms with Gasteiger partial charge in [0.05, 0.1) is 7.05 Å². The highest BCUT2D eigenvalue weighted by molar-refractivity contribution is 7.24. The van der Waals surface area contributed by atoms with Crippen molar-refractivity contribution in [1.29, 1.82) is 0 Å². The first kappa shape index (κ1) is 16.3. The number of rotatable bonds is 2. The van der Waals surface area contributed by atoms with Gasteiger partial charge in [-0.15, -0.1) is 0 Å². The van der Waals surface area contributed by atoms with Crippen LogP contribution in [0.2, 0.25) is 0 Å². The molecule has 0 amide bonds. The molecular formula is C21H20N5S+. The zero-order chi connectivity index (χ0) is 18.7. The van der Waals surface area contributed by atoms with Crippen LogP contribution >= 0.6 is 11.3 Å². The lowest BCUT2D eigenvalue weighted by Crippen LogP contribution is -2.31. The first-order valence-electron chi connectivity index (χ1n) is 9.05. The van der Waals surface area contributed by atoms with E-state index in [4.69, 9.17) is 0 Å². The maximum atomic E-state index is 4.61. The summed E-state index contributed by atoms with van der Waals surface area (Å²) in [5.74, 6) is 0.444. The Balaban J connectivity index is 1.94. The molecule has 5 nitrogen and oxygen atoms in total. The van der Waals surface area contributed by atoms with Crippen molar-refractivity contribution in [2.45, 2.75) is 26.7 Å². The molecule has 3 aromatic heterocycles. The molecule has 0 fully saturated rings. The van der Waals surface area contributed by atoms with Crippen LogP contribution in [0, 0.1) is 6.92 Å². The van der Waals surface area contributed by atoms with Gasteiger partial charge >= 0.3 is 0 Å². The largest absolute Gasteiger partial charge is 0.291 e. The third-order valence-corrected chi connectivity index (χ3v) is 6.30. The van der Waals surface area contributed by atoms with Gasteiger partial charge in [-0.2, -0.15) is 9.61 Å². The van der Waals surface area contributed by atoms with Crippen LogP contribution in [-0.2, 0) is 7.05 Å². The van der Waals surface area contributed by atoms with Crippen LogP contribution < -0.4 is 4.57 Å². The van der Waals surface area contributed by atoms with Crippen molar-refractivity contribution in [3.8, 4) is 11.3 Å². The lowest BCUT2D eigenvalue weighted by Gasteiger charge is -2.16. The second-order valence-electron chi connectivity index (χ2n) is 7.25. The van der Waals surface area contributed by atoms with Gasteiger partial charge in [-0.1, -0.05) is 49.4 Å². The number of aromatic nitrogens is 5. The molecule has 6 heteroatoms. The van der Waals surface area contributed by atoms with Gasteiger partial charge in [0.1, 0.15) is 11.0 Å². The molecule has 0 unspecified atom stereocenters. The Kier molecular flexibility index (Phi) is 3.52. The van der Waals surface area contributed by atoms with Crippen LogP contribution in [0.3, 0.4) is 0 Å². The Morgan fingerprint density at radius 1 is 1.11 bits per heavy atom. The molecule has 5 aromatic rings. The molecule has 134 valence electrons. The SMILES string of the molecule is Cc1c(-c2c3sc4ncnn4c3nc[n+]2C)cc(C(C)C)c2ccccc12. The third kappa shape index (κ3) is 2.29.